The van der Waals surface area contributed by atoms with Gasteiger partial charge in [-0.3, -0.25) is 9.59 Å². The average molecular weight is 373 g/mol. The number of hydrogen-bond donors (Lipinski definition) is 2. The Balaban J connectivity index is 2.03. The molecule has 0 aliphatic carbocycles. The van der Waals surface area contributed by atoms with Gasteiger partial charge in [0.15, 0.2) is 0 Å². The van der Waals surface area contributed by atoms with Crippen LogP contribution in [0.3, 0.4) is 0 Å². The Morgan fingerprint density at radius 2 is 1.88 bits per heavy atom. The van der Waals surface area contributed by atoms with E-state index in [1.54, 1.807) is 25.3 Å². The molecule has 2 aromatic carbocycles. The Kier molecular flexibility index (Phi) is 7.38. The number of halogens is 1. The van der Waals surface area contributed by atoms with Crippen LogP contribution >= 0.6 is 11.6 Å². The molecule has 0 atom stereocenters. The fourth-order valence-corrected chi connectivity index (χ4v) is 2.56. The van der Waals surface area contributed by atoms with Gasteiger partial charge in [-0.2, -0.15) is 0 Å². The van der Waals surface area contributed by atoms with Crippen molar-refractivity contribution in [2.75, 3.05) is 25.6 Å². The van der Waals surface area contributed by atoms with E-state index in [0.717, 1.165) is 11.1 Å². The minimum Gasteiger partial charge on any atom is -0.383 e. The van der Waals surface area contributed by atoms with Crippen LogP contribution in [0.4, 0.5) is 5.69 Å². The van der Waals surface area contributed by atoms with Gasteiger partial charge in [-0.05, 0) is 36.3 Å². The first-order valence-electron chi connectivity index (χ1n) is 8.12. The number of nitrogens with one attached hydrogen (secondary N) is 2. The fraction of sp³-hybridized carbons (Fsp3) is 0.200. The second-order valence-electron chi connectivity index (χ2n) is 5.63. The summed E-state index contributed by atoms with van der Waals surface area (Å²) in [6.07, 6.45) is 1.52. The number of rotatable bonds is 7. The third-order valence-electron chi connectivity index (χ3n) is 3.65. The van der Waals surface area contributed by atoms with E-state index in [1.807, 2.05) is 37.3 Å². The zero-order valence-electron chi connectivity index (χ0n) is 14.7. The van der Waals surface area contributed by atoms with Crippen LogP contribution in [0.1, 0.15) is 22.8 Å². The van der Waals surface area contributed by atoms with Gasteiger partial charge in [0, 0.05) is 25.4 Å². The van der Waals surface area contributed by atoms with Crippen molar-refractivity contribution in [3.63, 3.8) is 0 Å². The molecule has 5 nitrogen and oxygen atoms in total. The van der Waals surface area contributed by atoms with Gasteiger partial charge >= 0.3 is 0 Å². The first-order valence-corrected chi connectivity index (χ1v) is 8.50. The van der Waals surface area contributed by atoms with E-state index in [9.17, 15) is 9.59 Å². The molecule has 0 unspecified atom stereocenters. The normalized spacial score (nSPS) is 11.1. The molecular formula is C20H21ClN2O3. The molecule has 0 aliphatic rings. The second-order valence-corrected chi connectivity index (χ2v) is 6.03. The van der Waals surface area contributed by atoms with Crippen molar-refractivity contribution < 1.29 is 14.3 Å². The summed E-state index contributed by atoms with van der Waals surface area (Å²) in [6.45, 7) is 2.69. The summed E-state index contributed by atoms with van der Waals surface area (Å²) >= 11 is 6.16. The maximum absolute atomic E-state index is 12.2. The van der Waals surface area contributed by atoms with Crippen LogP contribution in [-0.2, 0) is 9.53 Å². The summed E-state index contributed by atoms with van der Waals surface area (Å²) in [5, 5.41) is 5.72. The predicted octanol–water partition coefficient (Wildman–Crippen LogP) is 3.76. The highest BCUT2D eigenvalue weighted by Gasteiger charge is 2.11. The molecule has 6 heteroatoms. The monoisotopic (exact) mass is 372 g/mol. The number of benzene rings is 2. The Labute approximate surface area is 158 Å². The van der Waals surface area contributed by atoms with Gasteiger partial charge in [0.25, 0.3) is 5.91 Å². The molecule has 0 heterocycles. The van der Waals surface area contributed by atoms with Gasteiger partial charge < -0.3 is 15.4 Å². The molecule has 2 aromatic rings. The summed E-state index contributed by atoms with van der Waals surface area (Å²) in [4.78, 5) is 24.2. The van der Waals surface area contributed by atoms with Crippen molar-refractivity contribution in [3.05, 3.63) is 70.8 Å². The standard InChI is InChI=1S/C20H21ClN2O3/c1-14(15-6-4-3-5-7-15)12-19(24)23-16-8-9-17(18(21)13-16)20(25)22-10-11-26-2/h3-9,12-13H,10-11H2,1-2H3,(H,22,25)(H,23,24). The quantitative estimate of drug-likeness (QED) is 0.574. The number of hydrogen-bond acceptors (Lipinski definition) is 3. The van der Waals surface area contributed by atoms with E-state index in [0.29, 0.717) is 24.4 Å². The number of amides is 2. The van der Waals surface area contributed by atoms with Gasteiger partial charge in [0.05, 0.1) is 17.2 Å². The lowest BCUT2D eigenvalue weighted by Gasteiger charge is -2.09. The smallest absolute Gasteiger partial charge is 0.252 e. The molecular weight excluding hydrogens is 352 g/mol. The van der Waals surface area contributed by atoms with E-state index in [-0.39, 0.29) is 16.8 Å². The number of allylic oxidation sites excluding steroid dienone is 1. The third-order valence-corrected chi connectivity index (χ3v) is 3.96. The average Bonchev–Trinajstić information content (AvgIpc) is 2.62. The maximum Gasteiger partial charge on any atom is 0.252 e. The van der Waals surface area contributed by atoms with Crippen LogP contribution in [-0.4, -0.2) is 32.1 Å². The number of ether oxygens (including phenoxy) is 1. The lowest BCUT2D eigenvalue weighted by Crippen LogP contribution is -2.27. The van der Waals surface area contributed by atoms with Crippen molar-refractivity contribution in [3.8, 4) is 0 Å². The minimum absolute atomic E-state index is 0.264. The van der Waals surface area contributed by atoms with Crippen molar-refractivity contribution >= 4 is 34.7 Å². The van der Waals surface area contributed by atoms with E-state index in [1.165, 1.54) is 6.08 Å². The number of methoxy groups -OCH3 is 1. The minimum atomic E-state index is -0.287. The zero-order valence-corrected chi connectivity index (χ0v) is 15.5. The zero-order chi connectivity index (χ0) is 18.9. The third kappa shape index (κ3) is 5.72. The molecule has 0 bridgehead atoms. The van der Waals surface area contributed by atoms with Gasteiger partial charge in [-0.15, -0.1) is 0 Å². The number of anilines is 1. The molecule has 0 radical (unpaired) electrons. The first-order chi connectivity index (χ1) is 12.5. The van der Waals surface area contributed by atoms with Gasteiger partial charge in [0.1, 0.15) is 0 Å². The largest absolute Gasteiger partial charge is 0.383 e. The summed E-state index contributed by atoms with van der Waals surface area (Å²) in [6, 6.07) is 14.4. The fourth-order valence-electron chi connectivity index (χ4n) is 2.30. The van der Waals surface area contributed by atoms with Crippen LogP contribution in [0.15, 0.2) is 54.6 Å². The molecule has 2 N–H and O–H groups in total. The maximum atomic E-state index is 12.2. The van der Waals surface area contributed by atoms with Crippen molar-refractivity contribution in [2.45, 2.75) is 6.92 Å². The molecule has 0 aromatic heterocycles. The van der Waals surface area contributed by atoms with Crippen molar-refractivity contribution in [1.82, 2.24) is 5.32 Å². The highest BCUT2D eigenvalue weighted by molar-refractivity contribution is 6.34. The van der Waals surface area contributed by atoms with Crippen LogP contribution in [0, 0.1) is 0 Å². The first kappa shape index (κ1) is 19.7. The SMILES string of the molecule is COCCNC(=O)c1ccc(NC(=O)C=C(C)c2ccccc2)cc1Cl. The summed E-state index contributed by atoms with van der Waals surface area (Å²) in [5.41, 5.74) is 2.69. The summed E-state index contributed by atoms with van der Waals surface area (Å²) < 4.78 is 4.88. The molecule has 2 amide bonds. The van der Waals surface area contributed by atoms with E-state index < -0.39 is 0 Å². The molecule has 0 saturated heterocycles. The van der Waals surface area contributed by atoms with Gasteiger partial charge in [-0.1, -0.05) is 41.9 Å². The number of carbonyl (C=O) groups is 2. The Morgan fingerprint density at radius 1 is 1.15 bits per heavy atom. The molecule has 2 rings (SSSR count). The Morgan fingerprint density at radius 3 is 2.54 bits per heavy atom. The summed E-state index contributed by atoms with van der Waals surface area (Å²) in [7, 11) is 1.56. The lowest BCUT2D eigenvalue weighted by molar-refractivity contribution is -0.111. The Hall–Kier alpha value is -2.63. The predicted molar refractivity (Wildman–Crippen MR) is 104 cm³/mol. The van der Waals surface area contributed by atoms with Gasteiger partial charge in [-0.25, -0.2) is 0 Å². The van der Waals surface area contributed by atoms with E-state index in [4.69, 9.17) is 16.3 Å². The number of carbonyl (C=O) groups excluding carboxylic acids is 2. The highest BCUT2D eigenvalue weighted by atomic mass is 35.5. The van der Waals surface area contributed by atoms with E-state index in [2.05, 4.69) is 10.6 Å². The topological polar surface area (TPSA) is 67.4 Å². The Bertz CT molecular complexity index is 804. The molecule has 0 spiro atoms. The van der Waals surface area contributed by atoms with Crippen molar-refractivity contribution in [1.29, 1.82) is 0 Å². The highest BCUT2D eigenvalue weighted by Crippen LogP contribution is 2.21. The van der Waals surface area contributed by atoms with E-state index >= 15 is 0 Å². The second kappa shape index (κ2) is 9.75. The van der Waals surface area contributed by atoms with Crippen molar-refractivity contribution in [2.24, 2.45) is 0 Å². The van der Waals surface area contributed by atoms with Crippen LogP contribution < -0.4 is 10.6 Å². The van der Waals surface area contributed by atoms with Crippen LogP contribution in [0.25, 0.3) is 5.57 Å². The summed E-state index contributed by atoms with van der Waals surface area (Å²) in [5.74, 6) is -0.551. The van der Waals surface area contributed by atoms with Gasteiger partial charge in [0.2, 0.25) is 5.91 Å². The van der Waals surface area contributed by atoms with Crippen LogP contribution in [0.2, 0.25) is 5.02 Å². The molecule has 136 valence electrons. The lowest BCUT2D eigenvalue weighted by atomic mass is 10.1. The molecule has 26 heavy (non-hydrogen) atoms. The molecule has 0 fully saturated rings. The molecule has 0 saturated carbocycles. The molecule has 0 aliphatic heterocycles. The van der Waals surface area contributed by atoms with Crippen LogP contribution in [0.5, 0.6) is 0 Å².